The summed E-state index contributed by atoms with van der Waals surface area (Å²) >= 11 is 0. The number of amides is 2. The van der Waals surface area contributed by atoms with E-state index < -0.39 is 12.0 Å². The summed E-state index contributed by atoms with van der Waals surface area (Å²) in [5, 5.41) is 15.1. The van der Waals surface area contributed by atoms with Crippen LogP contribution in [-0.4, -0.2) is 38.5 Å². The summed E-state index contributed by atoms with van der Waals surface area (Å²) in [4.78, 5) is 26.5. The molecule has 0 saturated carbocycles. The largest absolute Gasteiger partial charge is 0.477 e. The van der Waals surface area contributed by atoms with Gasteiger partial charge in [0.15, 0.2) is 0 Å². The lowest BCUT2D eigenvalue weighted by atomic mass is 10.0. The van der Waals surface area contributed by atoms with E-state index in [1.54, 1.807) is 23.0 Å². The highest BCUT2D eigenvalue weighted by molar-refractivity contribution is 5.91. The molecule has 0 unspecified atom stereocenters. The number of nitrogens with one attached hydrogen (secondary N) is 1. The Morgan fingerprint density at radius 2 is 2.00 bits per heavy atom. The van der Waals surface area contributed by atoms with Crippen molar-refractivity contribution in [2.45, 2.75) is 25.8 Å². The predicted octanol–water partition coefficient (Wildman–Crippen LogP) is 3.26. The molecule has 3 aromatic rings. The van der Waals surface area contributed by atoms with Crippen molar-refractivity contribution in [3.8, 4) is 28.3 Å². The molecule has 1 aliphatic heterocycles. The third-order valence-electron chi connectivity index (χ3n) is 4.74. The Bertz CT molecular complexity index is 1090. The van der Waals surface area contributed by atoms with E-state index >= 15 is 0 Å². The van der Waals surface area contributed by atoms with Crippen LogP contribution < -0.4 is 10.1 Å². The molecule has 30 heavy (non-hydrogen) atoms. The molecular weight excluding hydrogens is 391 g/mol. The number of rotatable bonds is 5. The summed E-state index contributed by atoms with van der Waals surface area (Å²) in [6.07, 6.45) is 1.37. The first-order valence-corrected chi connectivity index (χ1v) is 9.49. The number of imide groups is 1. The molecule has 0 radical (unpaired) electrons. The molecule has 0 spiro atoms. The number of ether oxygens (including phenoxy) is 1. The zero-order valence-corrected chi connectivity index (χ0v) is 16.0. The van der Waals surface area contributed by atoms with E-state index in [1.807, 2.05) is 17.4 Å². The van der Waals surface area contributed by atoms with Crippen LogP contribution in [0.2, 0.25) is 0 Å². The van der Waals surface area contributed by atoms with Gasteiger partial charge in [-0.3, -0.25) is 15.1 Å². The van der Waals surface area contributed by atoms with Crippen molar-refractivity contribution < 1.29 is 23.8 Å². The Morgan fingerprint density at radius 1 is 1.20 bits per heavy atom. The van der Waals surface area contributed by atoms with E-state index in [-0.39, 0.29) is 18.7 Å². The lowest BCUT2D eigenvalue weighted by molar-refractivity contribution is -0.120. The first-order valence-electron chi connectivity index (χ1n) is 9.49. The van der Waals surface area contributed by atoms with Crippen molar-refractivity contribution in [3.63, 3.8) is 0 Å². The van der Waals surface area contributed by atoms with Gasteiger partial charge in [0.05, 0.1) is 12.2 Å². The minimum Gasteiger partial charge on any atom is -0.477 e. The van der Waals surface area contributed by atoms with Crippen molar-refractivity contribution in [1.82, 2.24) is 20.1 Å². The summed E-state index contributed by atoms with van der Waals surface area (Å²) in [6, 6.07) is 9.77. The van der Waals surface area contributed by atoms with Crippen molar-refractivity contribution in [1.29, 1.82) is 0 Å². The lowest BCUT2D eigenvalue weighted by Crippen LogP contribution is -2.28. The van der Waals surface area contributed by atoms with Crippen molar-refractivity contribution in [2.24, 2.45) is 0 Å². The molecule has 9 heteroatoms. The fraction of sp³-hybridized carbons (Fsp3) is 0.238. The Balaban J connectivity index is 1.69. The van der Waals surface area contributed by atoms with E-state index in [0.717, 1.165) is 29.7 Å². The Kier molecular flexibility index (Phi) is 5.42. The van der Waals surface area contributed by atoms with Gasteiger partial charge in [0.2, 0.25) is 11.8 Å². The molecule has 4 rings (SSSR count). The molecule has 2 amide bonds. The average Bonchev–Trinajstić information content (AvgIpc) is 3.12. The molecule has 0 aliphatic carbocycles. The summed E-state index contributed by atoms with van der Waals surface area (Å²) in [5.41, 5.74) is 3.65. The van der Waals surface area contributed by atoms with Crippen LogP contribution in [0.1, 0.15) is 18.5 Å². The maximum absolute atomic E-state index is 13.4. The number of carbonyl (C=O) groups is 2. The zero-order valence-electron chi connectivity index (χ0n) is 16.0. The van der Waals surface area contributed by atoms with Crippen LogP contribution in [0.15, 0.2) is 42.6 Å². The second-order valence-corrected chi connectivity index (χ2v) is 6.85. The number of nitrogens with zero attached hydrogens (tertiary/aromatic N) is 3. The quantitative estimate of drug-likeness (QED) is 0.669. The van der Waals surface area contributed by atoms with E-state index in [0.29, 0.717) is 23.9 Å². The van der Waals surface area contributed by atoms with Crippen LogP contribution in [0.25, 0.3) is 22.4 Å². The molecule has 3 heterocycles. The van der Waals surface area contributed by atoms with Crippen LogP contribution >= 0.6 is 0 Å². The van der Waals surface area contributed by atoms with Crippen LogP contribution in [0.4, 0.5) is 9.18 Å². The number of hydrogen-bond acceptors (Lipinski definition) is 5. The molecule has 0 saturated heterocycles. The Morgan fingerprint density at radius 3 is 2.77 bits per heavy atom. The second kappa shape index (κ2) is 8.32. The van der Waals surface area contributed by atoms with E-state index in [4.69, 9.17) is 9.84 Å². The number of carboxylic acid groups (broad SMARTS) is 1. The van der Waals surface area contributed by atoms with Crippen LogP contribution in [0.3, 0.4) is 0 Å². The molecular formula is C21H19FN4O4. The van der Waals surface area contributed by atoms with E-state index in [9.17, 15) is 14.0 Å². The van der Waals surface area contributed by atoms with Gasteiger partial charge in [-0.1, -0.05) is 0 Å². The molecule has 2 aromatic heterocycles. The van der Waals surface area contributed by atoms with Crippen molar-refractivity contribution in [2.75, 3.05) is 6.61 Å². The molecule has 1 aromatic carbocycles. The first kappa shape index (κ1) is 19.6. The highest BCUT2D eigenvalue weighted by Crippen LogP contribution is 2.40. The highest BCUT2D eigenvalue weighted by atomic mass is 19.1. The van der Waals surface area contributed by atoms with Crippen LogP contribution in [0.5, 0.6) is 5.88 Å². The smallest absolute Gasteiger partial charge is 0.411 e. The SMILES string of the molecule is O=C(O)NC(=O)CCc1cc(-c2c(-c3ccc(F)cc3)nn3c2OCCC3)ccn1. The number of carbonyl (C=O) groups excluding carboxylic acids is 1. The molecule has 0 atom stereocenters. The van der Waals surface area contributed by atoms with Gasteiger partial charge < -0.3 is 9.84 Å². The molecule has 2 N–H and O–H groups in total. The highest BCUT2D eigenvalue weighted by Gasteiger charge is 2.24. The minimum absolute atomic E-state index is 0.00378. The standard InChI is InChI=1S/C21H19FN4O4/c22-15-4-2-13(3-5-15)19-18(20-26(25-19)10-1-11-30-20)14-8-9-23-16(12-14)6-7-17(27)24-21(28)29/h2-5,8-9,12H,1,6-7,10-11H2,(H,24,27)(H,28,29). The maximum Gasteiger partial charge on any atom is 0.411 e. The predicted molar refractivity (Wildman–Crippen MR) is 105 cm³/mol. The molecule has 8 nitrogen and oxygen atoms in total. The van der Waals surface area contributed by atoms with Crippen molar-refractivity contribution >= 4 is 12.0 Å². The maximum atomic E-state index is 13.4. The van der Waals surface area contributed by atoms with E-state index in [2.05, 4.69) is 10.1 Å². The molecule has 0 fully saturated rings. The number of benzene rings is 1. The van der Waals surface area contributed by atoms with Gasteiger partial charge in [-0.2, -0.15) is 5.10 Å². The first-order chi connectivity index (χ1) is 14.5. The number of aromatic nitrogens is 3. The number of pyridine rings is 1. The van der Waals surface area contributed by atoms with Gasteiger partial charge in [0, 0.05) is 36.8 Å². The Labute approximate surface area is 171 Å². The van der Waals surface area contributed by atoms with Crippen LogP contribution in [-0.2, 0) is 17.8 Å². The monoisotopic (exact) mass is 410 g/mol. The van der Waals surface area contributed by atoms with Gasteiger partial charge in [-0.25, -0.2) is 13.9 Å². The number of fused-ring (bicyclic) bond motifs is 1. The minimum atomic E-state index is -1.38. The summed E-state index contributed by atoms with van der Waals surface area (Å²) < 4.78 is 21.1. The van der Waals surface area contributed by atoms with Gasteiger partial charge in [-0.15, -0.1) is 0 Å². The number of halogens is 1. The fourth-order valence-corrected chi connectivity index (χ4v) is 3.39. The molecule has 154 valence electrons. The fourth-order valence-electron chi connectivity index (χ4n) is 3.39. The Hall–Kier alpha value is -3.75. The van der Waals surface area contributed by atoms with Crippen LogP contribution in [0, 0.1) is 5.82 Å². The third-order valence-corrected chi connectivity index (χ3v) is 4.74. The van der Waals surface area contributed by atoms with Gasteiger partial charge in [0.25, 0.3) is 0 Å². The average molecular weight is 410 g/mol. The summed E-state index contributed by atoms with van der Waals surface area (Å²) in [6.45, 7) is 1.30. The molecule has 0 bridgehead atoms. The van der Waals surface area contributed by atoms with Gasteiger partial charge in [-0.05, 0) is 48.4 Å². The second-order valence-electron chi connectivity index (χ2n) is 6.85. The number of aryl methyl sites for hydroxylation is 2. The number of hydrogen-bond donors (Lipinski definition) is 2. The zero-order chi connectivity index (χ0) is 21.1. The summed E-state index contributed by atoms with van der Waals surface area (Å²) in [7, 11) is 0. The lowest BCUT2D eigenvalue weighted by Gasteiger charge is -2.16. The third kappa shape index (κ3) is 4.14. The normalized spacial score (nSPS) is 12.7. The van der Waals surface area contributed by atoms with E-state index in [1.165, 1.54) is 12.1 Å². The van der Waals surface area contributed by atoms with Gasteiger partial charge in [0.1, 0.15) is 11.5 Å². The molecule has 1 aliphatic rings. The van der Waals surface area contributed by atoms with Crippen molar-refractivity contribution in [3.05, 3.63) is 54.1 Å². The van der Waals surface area contributed by atoms with Gasteiger partial charge >= 0.3 is 6.09 Å². The summed E-state index contributed by atoms with van der Waals surface area (Å²) in [5.74, 6) is -0.277. The topological polar surface area (TPSA) is 106 Å².